The number of hydrogen-bond donors (Lipinski definition) is 3. The Kier molecular flexibility index (Phi) is 3.70. The van der Waals surface area contributed by atoms with Crippen molar-refractivity contribution in [3.63, 3.8) is 0 Å². The van der Waals surface area contributed by atoms with E-state index in [2.05, 4.69) is 35.9 Å². The van der Waals surface area contributed by atoms with E-state index in [9.17, 15) is 0 Å². The van der Waals surface area contributed by atoms with Crippen LogP contribution in [-0.4, -0.2) is 42.8 Å². The minimum absolute atomic E-state index is 0.296. The number of hydrogen-bond acceptors (Lipinski definition) is 8. The van der Waals surface area contributed by atoms with E-state index in [1.807, 2.05) is 0 Å². The lowest BCUT2D eigenvalue weighted by molar-refractivity contribution is 0.271. The molecule has 0 spiro atoms. The lowest BCUT2D eigenvalue weighted by Gasteiger charge is -2.26. The van der Waals surface area contributed by atoms with Crippen molar-refractivity contribution in [2.24, 2.45) is 5.84 Å². The van der Waals surface area contributed by atoms with E-state index in [1.54, 1.807) is 23.1 Å². The standard InChI is InChI=1S/C11H17N9/c12-17-9-14-10(18-19-6-2-1-3-7-19)16-11(15-9)20-8-4-5-13-20/h4-5,8H,1-3,6-7,12H2,(H2,14,15,16,17,18). The Morgan fingerprint density at radius 2 is 1.85 bits per heavy atom. The number of piperidine rings is 1. The second-order valence-corrected chi connectivity index (χ2v) is 4.54. The fourth-order valence-electron chi connectivity index (χ4n) is 2.12. The molecule has 0 amide bonds. The van der Waals surface area contributed by atoms with E-state index in [0.717, 1.165) is 13.1 Å². The van der Waals surface area contributed by atoms with Gasteiger partial charge in [0.2, 0.25) is 11.9 Å². The highest BCUT2D eigenvalue weighted by atomic mass is 15.5. The molecule has 0 aliphatic carbocycles. The van der Waals surface area contributed by atoms with Crippen LogP contribution in [0.1, 0.15) is 19.3 Å². The Morgan fingerprint density at radius 1 is 1.05 bits per heavy atom. The van der Waals surface area contributed by atoms with Gasteiger partial charge in [-0.15, -0.1) is 0 Å². The molecule has 2 aromatic rings. The zero-order chi connectivity index (χ0) is 13.8. The van der Waals surface area contributed by atoms with Gasteiger partial charge in [-0.25, -0.2) is 15.5 Å². The average molecular weight is 275 g/mol. The summed E-state index contributed by atoms with van der Waals surface area (Å²) in [4.78, 5) is 12.7. The maximum absolute atomic E-state index is 5.40. The van der Waals surface area contributed by atoms with Gasteiger partial charge in [-0.3, -0.25) is 10.9 Å². The molecule has 0 unspecified atom stereocenters. The van der Waals surface area contributed by atoms with Crippen LogP contribution < -0.4 is 16.7 Å². The van der Waals surface area contributed by atoms with Crippen molar-refractivity contribution in [2.75, 3.05) is 23.9 Å². The molecule has 0 aromatic carbocycles. The summed E-state index contributed by atoms with van der Waals surface area (Å²) >= 11 is 0. The summed E-state index contributed by atoms with van der Waals surface area (Å²) in [6.45, 7) is 1.96. The van der Waals surface area contributed by atoms with Gasteiger partial charge < -0.3 is 0 Å². The van der Waals surface area contributed by atoms with Gasteiger partial charge in [0.15, 0.2) is 0 Å². The number of nitrogens with one attached hydrogen (secondary N) is 2. The van der Waals surface area contributed by atoms with Gasteiger partial charge in [-0.1, -0.05) is 6.42 Å². The molecule has 1 saturated heterocycles. The first-order chi connectivity index (χ1) is 9.85. The molecule has 0 saturated carbocycles. The number of nitrogens with zero attached hydrogens (tertiary/aromatic N) is 6. The number of hydrazine groups is 2. The largest absolute Gasteiger partial charge is 0.292 e. The molecule has 9 nitrogen and oxygen atoms in total. The summed E-state index contributed by atoms with van der Waals surface area (Å²) in [5, 5.41) is 6.21. The molecule has 20 heavy (non-hydrogen) atoms. The molecule has 0 atom stereocenters. The molecule has 1 aliphatic heterocycles. The van der Waals surface area contributed by atoms with E-state index in [4.69, 9.17) is 5.84 Å². The van der Waals surface area contributed by atoms with Crippen molar-refractivity contribution in [3.05, 3.63) is 18.5 Å². The van der Waals surface area contributed by atoms with E-state index in [-0.39, 0.29) is 0 Å². The number of aromatic nitrogens is 5. The number of nitrogens with two attached hydrogens (primary N) is 1. The van der Waals surface area contributed by atoms with Crippen LogP contribution in [0.15, 0.2) is 18.5 Å². The molecule has 1 aliphatic rings. The smallest absolute Gasteiger partial charge is 0.257 e. The molecular weight excluding hydrogens is 258 g/mol. The summed E-state index contributed by atoms with van der Waals surface area (Å²) in [7, 11) is 0. The second-order valence-electron chi connectivity index (χ2n) is 4.54. The van der Waals surface area contributed by atoms with Crippen LogP contribution >= 0.6 is 0 Å². The molecule has 4 N–H and O–H groups in total. The number of rotatable bonds is 4. The van der Waals surface area contributed by atoms with Crippen molar-refractivity contribution < 1.29 is 0 Å². The molecule has 106 valence electrons. The highest BCUT2D eigenvalue weighted by molar-refractivity contribution is 5.36. The van der Waals surface area contributed by atoms with Gasteiger partial charge in [0.25, 0.3) is 5.95 Å². The maximum atomic E-state index is 5.40. The normalized spacial score (nSPS) is 16.1. The van der Waals surface area contributed by atoms with Crippen LogP contribution in [-0.2, 0) is 0 Å². The van der Waals surface area contributed by atoms with E-state index < -0.39 is 0 Å². The molecule has 0 radical (unpaired) electrons. The predicted molar refractivity (Wildman–Crippen MR) is 73.8 cm³/mol. The SMILES string of the molecule is NNc1nc(NN2CCCCC2)nc(-n2cccn2)n1. The minimum atomic E-state index is 0.296. The van der Waals surface area contributed by atoms with Gasteiger partial charge in [0, 0.05) is 25.5 Å². The fraction of sp³-hybridized carbons (Fsp3) is 0.455. The molecular formula is C11H17N9. The molecule has 2 aromatic heterocycles. The van der Waals surface area contributed by atoms with Gasteiger partial charge >= 0.3 is 0 Å². The van der Waals surface area contributed by atoms with Gasteiger partial charge in [0.05, 0.1) is 0 Å². The average Bonchev–Trinajstić information content (AvgIpc) is 3.02. The topological polar surface area (TPSA) is 110 Å². The Labute approximate surface area is 116 Å². The maximum Gasteiger partial charge on any atom is 0.257 e. The third-order valence-corrected chi connectivity index (χ3v) is 3.08. The summed E-state index contributed by atoms with van der Waals surface area (Å²) in [6.07, 6.45) is 7.04. The Morgan fingerprint density at radius 3 is 2.55 bits per heavy atom. The number of nitrogen functional groups attached to an aromatic ring is 1. The molecule has 3 rings (SSSR count). The number of anilines is 2. The van der Waals surface area contributed by atoms with Crippen LogP contribution in [0.2, 0.25) is 0 Å². The molecule has 3 heterocycles. The lowest BCUT2D eigenvalue weighted by atomic mass is 10.2. The Bertz CT molecular complexity index is 547. The minimum Gasteiger partial charge on any atom is -0.292 e. The third kappa shape index (κ3) is 2.83. The van der Waals surface area contributed by atoms with Crippen molar-refractivity contribution in [1.82, 2.24) is 29.7 Å². The van der Waals surface area contributed by atoms with E-state index in [0.29, 0.717) is 17.8 Å². The van der Waals surface area contributed by atoms with Crippen molar-refractivity contribution in [1.29, 1.82) is 0 Å². The first-order valence-corrected chi connectivity index (χ1v) is 6.59. The molecule has 1 fully saturated rings. The monoisotopic (exact) mass is 275 g/mol. The molecule has 0 bridgehead atoms. The first kappa shape index (κ1) is 12.8. The van der Waals surface area contributed by atoms with E-state index >= 15 is 0 Å². The van der Waals surface area contributed by atoms with Gasteiger partial charge in [-0.2, -0.15) is 20.1 Å². The summed E-state index contributed by atoms with van der Waals surface area (Å²) in [5.74, 6) is 6.57. The van der Waals surface area contributed by atoms with Crippen LogP contribution in [0.5, 0.6) is 0 Å². The van der Waals surface area contributed by atoms with Crippen LogP contribution in [0.3, 0.4) is 0 Å². The van der Waals surface area contributed by atoms with E-state index in [1.165, 1.54) is 19.3 Å². The van der Waals surface area contributed by atoms with Crippen molar-refractivity contribution in [2.45, 2.75) is 19.3 Å². The van der Waals surface area contributed by atoms with Crippen molar-refractivity contribution >= 4 is 11.9 Å². The summed E-state index contributed by atoms with van der Waals surface area (Å²) < 4.78 is 1.56. The zero-order valence-electron chi connectivity index (χ0n) is 11.0. The highest BCUT2D eigenvalue weighted by Gasteiger charge is 2.13. The van der Waals surface area contributed by atoms with Gasteiger partial charge in [0.1, 0.15) is 0 Å². The first-order valence-electron chi connectivity index (χ1n) is 6.59. The molecule has 9 heteroatoms. The van der Waals surface area contributed by atoms with Crippen LogP contribution in [0.4, 0.5) is 11.9 Å². The van der Waals surface area contributed by atoms with Crippen LogP contribution in [0, 0.1) is 0 Å². The zero-order valence-corrected chi connectivity index (χ0v) is 11.0. The fourth-order valence-corrected chi connectivity index (χ4v) is 2.12. The Hall–Kier alpha value is -2.26. The Balaban J connectivity index is 1.84. The van der Waals surface area contributed by atoms with Crippen molar-refractivity contribution in [3.8, 4) is 5.95 Å². The predicted octanol–water partition coefficient (Wildman–Crippen LogP) is 0.156. The second kappa shape index (κ2) is 5.80. The third-order valence-electron chi connectivity index (χ3n) is 3.08. The summed E-state index contributed by atoms with van der Waals surface area (Å²) in [5.41, 5.74) is 5.64. The quantitative estimate of drug-likeness (QED) is 0.534. The lowest BCUT2D eigenvalue weighted by Crippen LogP contribution is -2.35. The summed E-state index contributed by atoms with van der Waals surface area (Å²) in [6, 6.07) is 1.80. The highest BCUT2D eigenvalue weighted by Crippen LogP contribution is 2.12. The van der Waals surface area contributed by atoms with Crippen LogP contribution in [0.25, 0.3) is 5.95 Å². The van der Waals surface area contributed by atoms with Gasteiger partial charge in [-0.05, 0) is 18.9 Å².